The van der Waals surface area contributed by atoms with Crippen LogP contribution in [0.3, 0.4) is 0 Å². The van der Waals surface area contributed by atoms with E-state index in [0.29, 0.717) is 6.54 Å². The minimum absolute atomic E-state index is 0.210. The third kappa shape index (κ3) is 2.75. The summed E-state index contributed by atoms with van der Waals surface area (Å²) >= 11 is 0. The summed E-state index contributed by atoms with van der Waals surface area (Å²) in [4.78, 5) is 1.94. The van der Waals surface area contributed by atoms with Gasteiger partial charge in [-0.15, -0.1) is 0 Å². The van der Waals surface area contributed by atoms with Crippen LogP contribution in [0.4, 0.5) is 5.69 Å². The summed E-state index contributed by atoms with van der Waals surface area (Å²) in [5.41, 5.74) is 1.04. The molecule has 1 unspecified atom stereocenters. The minimum atomic E-state index is -0.702. The summed E-state index contributed by atoms with van der Waals surface area (Å²) in [6, 6.07) is 14.3. The standard InChI is InChI=1S/C14H17NO2/c1-15(9-14(17)10-16)13-7-6-11-4-2-3-5-12(11)8-13/h2-8,14,16-17H,9-10H2,1H3. The number of aliphatic hydroxyl groups excluding tert-OH is 2. The molecule has 2 N–H and O–H groups in total. The molecule has 3 heteroatoms. The zero-order chi connectivity index (χ0) is 12.3. The van der Waals surface area contributed by atoms with E-state index in [1.165, 1.54) is 10.8 Å². The maximum Gasteiger partial charge on any atom is 0.0945 e. The first kappa shape index (κ1) is 11.9. The first-order valence-electron chi connectivity index (χ1n) is 5.69. The van der Waals surface area contributed by atoms with Gasteiger partial charge in [-0.2, -0.15) is 0 Å². The molecule has 3 nitrogen and oxygen atoms in total. The van der Waals surface area contributed by atoms with Gasteiger partial charge in [-0.3, -0.25) is 0 Å². The van der Waals surface area contributed by atoms with Crippen molar-refractivity contribution in [1.82, 2.24) is 0 Å². The Bertz CT molecular complexity index is 498. The van der Waals surface area contributed by atoms with E-state index in [1.54, 1.807) is 0 Å². The number of likely N-dealkylation sites (N-methyl/N-ethyl adjacent to an activating group) is 1. The average Bonchev–Trinajstić information content (AvgIpc) is 2.38. The number of fused-ring (bicyclic) bond motifs is 1. The van der Waals surface area contributed by atoms with Gasteiger partial charge in [-0.05, 0) is 22.9 Å². The van der Waals surface area contributed by atoms with Crippen LogP contribution in [0.5, 0.6) is 0 Å². The topological polar surface area (TPSA) is 43.7 Å². The van der Waals surface area contributed by atoms with Crippen molar-refractivity contribution in [2.24, 2.45) is 0 Å². The highest BCUT2D eigenvalue weighted by Crippen LogP contribution is 2.21. The average molecular weight is 231 g/mol. The van der Waals surface area contributed by atoms with E-state index >= 15 is 0 Å². The van der Waals surface area contributed by atoms with Gasteiger partial charge in [0.25, 0.3) is 0 Å². The molecule has 2 aromatic rings. The second kappa shape index (κ2) is 5.17. The molecule has 0 aliphatic rings. The predicted molar refractivity (Wildman–Crippen MR) is 70.3 cm³/mol. The Morgan fingerprint density at radius 3 is 2.53 bits per heavy atom. The van der Waals surface area contributed by atoms with Crippen molar-refractivity contribution in [2.75, 3.05) is 25.1 Å². The Morgan fingerprint density at radius 1 is 1.12 bits per heavy atom. The molecular formula is C14H17NO2. The minimum Gasteiger partial charge on any atom is -0.394 e. The lowest BCUT2D eigenvalue weighted by Crippen LogP contribution is -2.31. The molecule has 0 heterocycles. The quantitative estimate of drug-likeness (QED) is 0.840. The highest BCUT2D eigenvalue weighted by Gasteiger charge is 2.07. The Morgan fingerprint density at radius 2 is 1.82 bits per heavy atom. The van der Waals surface area contributed by atoms with Crippen LogP contribution in [-0.4, -0.2) is 36.5 Å². The van der Waals surface area contributed by atoms with Crippen molar-refractivity contribution in [3.05, 3.63) is 42.5 Å². The Kier molecular flexibility index (Phi) is 3.61. The Hall–Kier alpha value is -1.58. The lowest BCUT2D eigenvalue weighted by molar-refractivity contribution is 0.101. The maximum atomic E-state index is 9.41. The monoisotopic (exact) mass is 231 g/mol. The van der Waals surface area contributed by atoms with Gasteiger partial charge in [0.2, 0.25) is 0 Å². The molecular weight excluding hydrogens is 214 g/mol. The number of rotatable bonds is 4. The number of anilines is 1. The van der Waals surface area contributed by atoms with Gasteiger partial charge in [0.1, 0.15) is 0 Å². The normalized spacial score (nSPS) is 12.6. The Labute approximate surface area is 101 Å². The summed E-state index contributed by atoms with van der Waals surface area (Å²) in [7, 11) is 1.91. The number of hydrogen-bond acceptors (Lipinski definition) is 3. The first-order chi connectivity index (χ1) is 8.20. The van der Waals surface area contributed by atoms with E-state index in [1.807, 2.05) is 30.1 Å². The third-order valence-electron chi connectivity index (χ3n) is 2.87. The maximum absolute atomic E-state index is 9.41. The number of benzene rings is 2. The largest absolute Gasteiger partial charge is 0.394 e. The number of hydrogen-bond donors (Lipinski definition) is 2. The van der Waals surface area contributed by atoms with Crippen LogP contribution in [0.2, 0.25) is 0 Å². The zero-order valence-electron chi connectivity index (χ0n) is 9.87. The van der Waals surface area contributed by atoms with Gasteiger partial charge in [-0.25, -0.2) is 0 Å². The lowest BCUT2D eigenvalue weighted by atomic mass is 10.1. The molecule has 0 saturated carbocycles. The highest BCUT2D eigenvalue weighted by atomic mass is 16.3. The molecule has 1 atom stereocenters. The predicted octanol–water partition coefficient (Wildman–Crippen LogP) is 1.63. The van der Waals surface area contributed by atoms with Crippen LogP contribution in [0.1, 0.15) is 0 Å². The van der Waals surface area contributed by atoms with E-state index < -0.39 is 6.10 Å². The lowest BCUT2D eigenvalue weighted by Gasteiger charge is -2.22. The van der Waals surface area contributed by atoms with Crippen LogP contribution in [0, 0.1) is 0 Å². The number of aliphatic hydroxyl groups is 2. The van der Waals surface area contributed by atoms with Crippen LogP contribution < -0.4 is 4.90 Å². The molecule has 17 heavy (non-hydrogen) atoms. The molecule has 0 aliphatic carbocycles. The van der Waals surface area contributed by atoms with Gasteiger partial charge >= 0.3 is 0 Å². The van der Waals surface area contributed by atoms with E-state index in [0.717, 1.165) is 5.69 Å². The molecule has 0 amide bonds. The Balaban J connectivity index is 2.23. The van der Waals surface area contributed by atoms with Crippen molar-refractivity contribution in [3.63, 3.8) is 0 Å². The molecule has 90 valence electrons. The van der Waals surface area contributed by atoms with Crippen LogP contribution in [0.25, 0.3) is 10.8 Å². The summed E-state index contributed by atoms with van der Waals surface area (Å²) in [5.74, 6) is 0. The highest BCUT2D eigenvalue weighted by molar-refractivity contribution is 5.85. The fourth-order valence-corrected chi connectivity index (χ4v) is 1.89. The summed E-state index contributed by atoms with van der Waals surface area (Å²) in [6.45, 7) is 0.215. The van der Waals surface area contributed by atoms with Gasteiger partial charge in [0.15, 0.2) is 0 Å². The van der Waals surface area contributed by atoms with Crippen molar-refractivity contribution in [2.45, 2.75) is 6.10 Å². The SMILES string of the molecule is CN(CC(O)CO)c1ccc2ccccc2c1. The number of nitrogens with zero attached hydrogens (tertiary/aromatic N) is 1. The molecule has 2 aromatic carbocycles. The second-order valence-corrected chi connectivity index (χ2v) is 4.25. The van der Waals surface area contributed by atoms with Gasteiger partial charge in [-0.1, -0.05) is 30.3 Å². The molecule has 0 bridgehead atoms. The van der Waals surface area contributed by atoms with E-state index in [-0.39, 0.29) is 6.61 Å². The zero-order valence-corrected chi connectivity index (χ0v) is 9.87. The summed E-state index contributed by atoms with van der Waals surface area (Å²) < 4.78 is 0. The van der Waals surface area contributed by atoms with Crippen LogP contribution >= 0.6 is 0 Å². The third-order valence-corrected chi connectivity index (χ3v) is 2.87. The molecule has 0 radical (unpaired) electrons. The first-order valence-corrected chi connectivity index (χ1v) is 5.69. The van der Waals surface area contributed by atoms with Crippen molar-refractivity contribution >= 4 is 16.5 Å². The van der Waals surface area contributed by atoms with Crippen molar-refractivity contribution in [3.8, 4) is 0 Å². The second-order valence-electron chi connectivity index (χ2n) is 4.25. The fourth-order valence-electron chi connectivity index (χ4n) is 1.89. The van der Waals surface area contributed by atoms with Crippen molar-refractivity contribution < 1.29 is 10.2 Å². The van der Waals surface area contributed by atoms with E-state index in [2.05, 4.69) is 24.3 Å². The van der Waals surface area contributed by atoms with Gasteiger partial charge in [0, 0.05) is 19.3 Å². The smallest absolute Gasteiger partial charge is 0.0945 e. The fraction of sp³-hybridized carbons (Fsp3) is 0.286. The van der Waals surface area contributed by atoms with E-state index in [4.69, 9.17) is 5.11 Å². The summed E-state index contributed by atoms with van der Waals surface area (Å²) in [6.07, 6.45) is -0.702. The van der Waals surface area contributed by atoms with Gasteiger partial charge in [0.05, 0.1) is 12.7 Å². The van der Waals surface area contributed by atoms with E-state index in [9.17, 15) is 5.11 Å². The molecule has 0 saturated heterocycles. The molecule has 0 aromatic heterocycles. The van der Waals surface area contributed by atoms with Gasteiger partial charge < -0.3 is 15.1 Å². The molecule has 2 rings (SSSR count). The summed E-state index contributed by atoms with van der Waals surface area (Å²) in [5, 5.41) is 20.6. The molecule has 0 aliphatic heterocycles. The van der Waals surface area contributed by atoms with Crippen molar-refractivity contribution in [1.29, 1.82) is 0 Å². The molecule has 0 spiro atoms. The van der Waals surface area contributed by atoms with Crippen LogP contribution in [0.15, 0.2) is 42.5 Å². The van der Waals surface area contributed by atoms with Crippen LogP contribution in [-0.2, 0) is 0 Å². The molecule has 0 fully saturated rings.